The van der Waals surface area contributed by atoms with Gasteiger partial charge in [-0.2, -0.15) is 0 Å². The summed E-state index contributed by atoms with van der Waals surface area (Å²) in [6.07, 6.45) is 1.21. The molecule has 0 bridgehead atoms. The van der Waals surface area contributed by atoms with Crippen molar-refractivity contribution in [3.63, 3.8) is 0 Å². The SMILES string of the molecule is CCCOCCOCCNc1ccc2c(c1)C(=O)N(C1CCC(=O)NC1=O)C2=O. The van der Waals surface area contributed by atoms with Crippen LogP contribution in [0.4, 0.5) is 5.69 Å². The molecule has 1 atom stereocenters. The zero-order chi connectivity index (χ0) is 20.8. The first-order chi connectivity index (χ1) is 14.0. The fourth-order valence-electron chi connectivity index (χ4n) is 3.31. The quantitative estimate of drug-likeness (QED) is 0.441. The van der Waals surface area contributed by atoms with Crippen LogP contribution in [0.15, 0.2) is 18.2 Å². The van der Waals surface area contributed by atoms with Gasteiger partial charge >= 0.3 is 0 Å². The lowest BCUT2D eigenvalue weighted by molar-refractivity contribution is -0.136. The van der Waals surface area contributed by atoms with Crippen molar-refractivity contribution in [2.75, 3.05) is 38.3 Å². The highest BCUT2D eigenvalue weighted by molar-refractivity contribution is 6.23. The number of ether oxygens (including phenoxy) is 2. The van der Waals surface area contributed by atoms with Crippen molar-refractivity contribution in [3.05, 3.63) is 29.3 Å². The average molecular weight is 403 g/mol. The second-order valence-electron chi connectivity index (χ2n) is 6.86. The summed E-state index contributed by atoms with van der Waals surface area (Å²) in [5, 5.41) is 5.33. The van der Waals surface area contributed by atoms with E-state index in [2.05, 4.69) is 10.6 Å². The zero-order valence-electron chi connectivity index (χ0n) is 16.4. The molecule has 0 aromatic heterocycles. The first-order valence-corrected chi connectivity index (χ1v) is 9.78. The van der Waals surface area contributed by atoms with Gasteiger partial charge in [0.15, 0.2) is 0 Å². The minimum atomic E-state index is -0.958. The third kappa shape index (κ3) is 4.80. The summed E-state index contributed by atoms with van der Waals surface area (Å²) < 4.78 is 10.8. The highest BCUT2D eigenvalue weighted by atomic mass is 16.5. The van der Waals surface area contributed by atoms with Gasteiger partial charge in [0.2, 0.25) is 11.8 Å². The fourth-order valence-corrected chi connectivity index (χ4v) is 3.31. The minimum absolute atomic E-state index is 0.0973. The molecule has 9 heteroatoms. The maximum atomic E-state index is 12.8. The van der Waals surface area contributed by atoms with Crippen molar-refractivity contribution >= 4 is 29.3 Å². The maximum Gasteiger partial charge on any atom is 0.262 e. The van der Waals surface area contributed by atoms with Gasteiger partial charge in [0.1, 0.15) is 6.04 Å². The summed E-state index contributed by atoms with van der Waals surface area (Å²) in [5.41, 5.74) is 1.19. The van der Waals surface area contributed by atoms with Crippen molar-refractivity contribution in [2.24, 2.45) is 0 Å². The lowest BCUT2D eigenvalue weighted by Crippen LogP contribution is -2.54. The number of carbonyl (C=O) groups is 4. The number of nitrogens with zero attached hydrogens (tertiary/aromatic N) is 1. The molecule has 0 radical (unpaired) electrons. The molecule has 9 nitrogen and oxygen atoms in total. The average Bonchev–Trinajstić information content (AvgIpc) is 2.94. The van der Waals surface area contributed by atoms with Gasteiger partial charge in [0.25, 0.3) is 11.8 Å². The van der Waals surface area contributed by atoms with Crippen molar-refractivity contribution in [1.29, 1.82) is 0 Å². The standard InChI is InChI=1S/C20H25N3O6/c1-2-8-28-10-11-29-9-7-21-13-3-4-14-15(12-13)20(27)23(19(14)26)16-5-6-17(24)22-18(16)25/h3-4,12,16,21H,2,5-11H2,1H3,(H,22,24,25). The van der Waals surface area contributed by atoms with E-state index in [9.17, 15) is 19.2 Å². The van der Waals surface area contributed by atoms with Gasteiger partial charge < -0.3 is 14.8 Å². The fraction of sp³-hybridized carbons (Fsp3) is 0.500. The van der Waals surface area contributed by atoms with Gasteiger partial charge in [-0.25, -0.2) is 0 Å². The Morgan fingerprint density at radius 3 is 2.48 bits per heavy atom. The van der Waals surface area contributed by atoms with Gasteiger partial charge in [-0.3, -0.25) is 29.4 Å². The van der Waals surface area contributed by atoms with Crippen LogP contribution in [0, 0.1) is 0 Å². The summed E-state index contributed by atoms with van der Waals surface area (Å²) in [7, 11) is 0. The molecule has 2 aliphatic rings. The molecule has 1 saturated heterocycles. The van der Waals surface area contributed by atoms with Gasteiger partial charge in [0, 0.05) is 25.3 Å². The Hall–Kier alpha value is -2.78. The maximum absolute atomic E-state index is 12.8. The molecule has 4 amide bonds. The van der Waals surface area contributed by atoms with Crippen LogP contribution in [-0.4, -0.2) is 67.5 Å². The van der Waals surface area contributed by atoms with Crippen LogP contribution < -0.4 is 10.6 Å². The molecule has 0 aliphatic carbocycles. The van der Waals surface area contributed by atoms with E-state index in [-0.39, 0.29) is 24.0 Å². The Labute approximate surface area is 168 Å². The summed E-state index contributed by atoms with van der Waals surface area (Å²) in [4.78, 5) is 49.8. The number of anilines is 1. The van der Waals surface area contributed by atoms with Gasteiger partial charge in [-0.05, 0) is 31.0 Å². The largest absolute Gasteiger partial charge is 0.383 e. The van der Waals surface area contributed by atoms with E-state index >= 15 is 0 Å². The van der Waals surface area contributed by atoms with Crippen molar-refractivity contribution in [3.8, 4) is 0 Å². The minimum Gasteiger partial charge on any atom is -0.383 e. The molecular weight excluding hydrogens is 378 g/mol. The number of nitrogens with one attached hydrogen (secondary N) is 2. The number of carbonyl (C=O) groups excluding carboxylic acids is 4. The predicted molar refractivity (Wildman–Crippen MR) is 104 cm³/mol. The highest BCUT2D eigenvalue weighted by Crippen LogP contribution is 2.29. The van der Waals surface area contributed by atoms with E-state index in [1.807, 2.05) is 6.92 Å². The molecule has 0 saturated carbocycles. The van der Waals surface area contributed by atoms with E-state index in [1.165, 1.54) is 0 Å². The van der Waals surface area contributed by atoms with E-state index in [1.54, 1.807) is 18.2 Å². The third-order valence-corrected chi connectivity index (χ3v) is 4.74. The van der Waals surface area contributed by atoms with Gasteiger partial charge in [0.05, 0.1) is 30.9 Å². The summed E-state index contributed by atoms with van der Waals surface area (Å²) in [5.74, 6) is -2.04. The lowest BCUT2D eigenvalue weighted by atomic mass is 10.0. The number of amides is 4. The second-order valence-corrected chi connectivity index (χ2v) is 6.86. The topological polar surface area (TPSA) is 114 Å². The zero-order valence-corrected chi connectivity index (χ0v) is 16.4. The second kappa shape index (κ2) is 9.62. The van der Waals surface area contributed by atoms with E-state index in [0.717, 1.165) is 17.9 Å². The monoisotopic (exact) mass is 403 g/mol. The van der Waals surface area contributed by atoms with Crippen molar-refractivity contribution < 1.29 is 28.7 Å². The lowest BCUT2D eigenvalue weighted by Gasteiger charge is -2.27. The number of imide groups is 2. The number of hydrogen-bond donors (Lipinski definition) is 2. The summed E-state index contributed by atoms with van der Waals surface area (Å²) >= 11 is 0. The van der Waals surface area contributed by atoms with Crippen LogP contribution in [0.25, 0.3) is 0 Å². The summed E-state index contributed by atoms with van der Waals surface area (Å²) in [6, 6.07) is 3.93. The molecule has 2 heterocycles. The summed E-state index contributed by atoms with van der Waals surface area (Å²) in [6.45, 7) is 4.84. The van der Waals surface area contributed by atoms with E-state index < -0.39 is 29.7 Å². The number of hydrogen-bond acceptors (Lipinski definition) is 7. The van der Waals surface area contributed by atoms with Crippen LogP contribution in [0.3, 0.4) is 0 Å². The molecule has 3 rings (SSSR count). The van der Waals surface area contributed by atoms with E-state index in [0.29, 0.717) is 32.1 Å². The molecule has 1 aromatic rings. The molecular formula is C20H25N3O6. The predicted octanol–water partition coefficient (Wildman–Crippen LogP) is 0.943. The van der Waals surface area contributed by atoms with Crippen molar-refractivity contribution in [1.82, 2.24) is 10.2 Å². The third-order valence-electron chi connectivity index (χ3n) is 4.74. The molecule has 156 valence electrons. The molecule has 2 N–H and O–H groups in total. The molecule has 1 aromatic carbocycles. The number of fused-ring (bicyclic) bond motifs is 1. The van der Waals surface area contributed by atoms with Crippen LogP contribution >= 0.6 is 0 Å². The Morgan fingerprint density at radius 1 is 1.03 bits per heavy atom. The molecule has 1 unspecified atom stereocenters. The van der Waals surface area contributed by atoms with Gasteiger partial charge in [-0.1, -0.05) is 6.92 Å². The van der Waals surface area contributed by atoms with Crippen LogP contribution in [-0.2, 0) is 19.1 Å². The number of benzene rings is 1. The first kappa shape index (κ1) is 20.9. The van der Waals surface area contributed by atoms with Crippen LogP contribution in [0.2, 0.25) is 0 Å². The van der Waals surface area contributed by atoms with Gasteiger partial charge in [-0.15, -0.1) is 0 Å². The van der Waals surface area contributed by atoms with E-state index in [4.69, 9.17) is 9.47 Å². The Kier molecular flexibility index (Phi) is 6.95. The first-order valence-electron chi connectivity index (χ1n) is 9.78. The normalized spacial score (nSPS) is 18.8. The number of piperidine rings is 1. The molecule has 29 heavy (non-hydrogen) atoms. The van der Waals surface area contributed by atoms with Crippen LogP contribution in [0.1, 0.15) is 46.9 Å². The Morgan fingerprint density at radius 2 is 1.76 bits per heavy atom. The van der Waals surface area contributed by atoms with Crippen molar-refractivity contribution in [2.45, 2.75) is 32.2 Å². The van der Waals surface area contributed by atoms with Crippen LogP contribution in [0.5, 0.6) is 0 Å². The Balaban J connectivity index is 1.55. The number of rotatable bonds is 10. The molecule has 1 fully saturated rings. The Bertz CT molecular complexity index is 809. The highest BCUT2D eigenvalue weighted by Gasteiger charge is 2.44. The smallest absolute Gasteiger partial charge is 0.262 e. The molecule has 0 spiro atoms. The molecule has 2 aliphatic heterocycles.